The largest absolute Gasteiger partial charge is 0.491 e. The molecule has 2 N–H and O–H groups in total. The molecule has 1 heterocycles. The highest BCUT2D eigenvalue weighted by Gasteiger charge is 2.27. The van der Waals surface area contributed by atoms with E-state index in [9.17, 15) is 5.11 Å². The lowest BCUT2D eigenvalue weighted by molar-refractivity contribution is 0.00679. The zero-order valence-corrected chi connectivity index (χ0v) is 12.0. The molecule has 0 saturated heterocycles. The van der Waals surface area contributed by atoms with Gasteiger partial charge >= 0.3 is 0 Å². The first kappa shape index (κ1) is 13.7. The zero-order valence-electron chi connectivity index (χ0n) is 12.0. The second-order valence-corrected chi connectivity index (χ2v) is 5.63. The van der Waals surface area contributed by atoms with Crippen molar-refractivity contribution in [1.29, 1.82) is 0 Å². The number of aliphatic hydroxyl groups excluding tert-OH is 1. The number of fused-ring (bicyclic) bond motifs is 1. The summed E-state index contributed by atoms with van der Waals surface area (Å²) in [4.78, 5) is 0. The van der Waals surface area contributed by atoms with Crippen LogP contribution in [0.25, 0.3) is 0 Å². The van der Waals surface area contributed by atoms with Gasteiger partial charge in [0.2, 0.25) is 0 Å². The topological polar surface area (TPSA) is 50.7 Å². The molecule has 2 aliphatic rings. The molecule has 3 atom stereocenters. The van der Waals surface area contributed by atoms with E-state index < -0.39 is 0 Å². The number of nitrogens with one attached hydrogen (secondary N) is 1. The summed E-state index contributed by atoms with van der Waals surface area (Å²) in [5.41, 5.74) is 1.20. The van der Waals surface area contributed by atoms with E-state index in [4.69, 9.17) is 9.47 Å². The molecule has 0 radical (unpaired) electrons. The van der Waals surface area contributed by atoms with Gasteiger partial charge in [0.1, 0.15) is 24.2 Å². The van der Waals surface area contributed by atoms with Crippen molar-refractivity contribution in [3.05, 3.63) is 23.8 Å². The fraction of sp³-hybridized carbons (Fsp3) is 0.625. The second kappa shape index (κ2) is 6.02. The summed E-state index contributed by atoms with van der Waals surface area (Å²) < 4.78 is 11.7. The number of likely N-dealkylation sites (N-methyl/N-ethyl adjacent to an activating group) is 1. The maximum absolute atomic E-state index is 9.97. The van der Waals surface area contributed by atoms with Crippen LogP contribution in [0, 0.1) is 0 Å². The quantitative estimate of drug-likeness (QED) is 0.887. The first-order chi connectivity index (χ1) is 9.78. The number of hydrogen-bond donors (Lipinski definition) is 2. The standard InChI is InChI=1S/C16H23NO3/c1-2-17-13-10-19-16-9-11(7-8-12(13)16)20-15-6-4-3-5-14(15)18/h7-9,13-15,17-18H,2-6,10H2,1H3. The highest BCUT2D eigenvalue weighted by molar-refractivity contribution is 5.45. The summed E-state index contributed by atoms with van der Waals surface area (Å²) in [7, 11) is 0. The maximum Gasteiger partial charge on any atom is 0.128 e. The minimum Gasteiger partial charge on any atom is -0.491 e. The second-order valence-electron chi connectivity index (χ2n) is 5.63. The van der Waals surface area contributed by atoms with Crippen molar-refractivity contribution in [2.75, 3.05) is 13.2 Å². The Balaban J connectivity index is 1.70. The molecular formula is C16H23NO3. The Morgan fingerprint density at radius 2 is 2.20 bits per heavy atom. The van der Waals surface area contributed by atoms with E-state index in [1.54, 1.807) is 0 Å². The Bertz CT molecular complexity index is 463. The molecule has 20 heavy (non-hydrogen) atoms. The van der Waals surface area contributed by atoms with Gasteiger partial charge in [0.05, 0.1) is 12.1 Å². The number of rotatable bonds is 4. The molecule has 0 spiro atoms. The van der Waals surface area contributed by atoms with Crippen molar-refractivity contribution >= 4 is 0 Å². The van der Waals surface area contributed by atoms with Crippen LogP contribution >= 0.6 is 0 Å². The Hall–Kier alpha value is -1.26. The van der Waals surface area contributed by atoms with Crippen LogP contribution < -0.4 is 14.8 Å². The van der Waals surface area contributed by atoms with Crippen LogP contribution in [-0.2, 0) is 0 Å². The van der Waals surface area contributed by atoms with E-state index >= 15 is 0 Å². The van der Waals surface area contributed by atoms with Crippen LogP contribution in [0.15, 0.2) is 18.2 Å². The third-order valence-corrected chi connectivity index (χ3v) is 4.17. The van der Waals surface area contributed by atoms with Gasteiger partial charge in [-0.05, 0) is 37.9 Å². The fourth-order valence-corrected chi connectivity index (χ4v) is 3.07. The molecule has 3 rings (SSSR count). The van der Waals surface area contributed by atoms with Crippen molar-refractivity contribution in [3.8, 4) is 11.5 Å². The third kappa shape index (κ3) is 2.76. The maximum atomic E-state index is 9.97. The minimum atomic E-state index is -0.340. The summed E-state index contributed by atoms with van der Waals surface area (Å²) in [5, 5.41) is 13.4. The highest BCUT2D eigenvalue weighted by atomic mass is 16.5. The minimum absolute atomic E-state index is 0.0761. The van der Waals surface area contributed by atoms with Gasteiger partial charge in [0, 0.05) is 11.6 Å². The van der Waals surface area contributed by atoms with E-state index in [0.29, 0.717) is 6.61 Å². The summed E-state index contributed by atoms with van der Waals surface area (Å²) in [6.07, 6.45) is 3.58. The van der Waals surface area contributed by atoms with Crippen LogP contribution in [0.4, 0.5) is 0 Å². The Labute approximate surface area is 120 Å². The highest BCUT2D eigenvalue weighted by Crippen LogP contribution is 2.36. The first-order valence-electron chi connectivity index (χ1n) is 7.62. The molecule has 1 aromatic carbocycles. The number of hydrogen-bond acceptors (Lipinski definition) is 4. The van der Waals surface area contributed by atoms with Gasteiger partial charge in [-0.15, -0.1) is 0 Å². The lowest BCUT2D eigenvalue weighted by Gasteiger charge is -2.28. The predicted octanol–water partition coefficient (Wildman–Crippen LogP) is 2.41. The van der Waals surface area contributed by atoms with Gasteiger partial charge in [0.15, 0.2) is 0 Å². The summed E-state index contributed by atoms with van der Waals surface area (Å²) >= 11 is 0. The molecule has 3 unspecified atom stereocenters. The van der Waals surface area contributed by atoms with Gasteiger partial charge in [-0.2, -0.15) is 0 Å². The molecule has 1 aromatic rings. The first-order valence-corrected chi connectivity index (χ1v) is 7.62. The molecule has 0 amide bonds. The van der Waals surface area contributed by atoms with Crippen LogP contribution in [0.5, 0.6) is 11.5 Å². The van der Waals surface area contributed by atoms with Crippen molar-refractivity contribution in [2.24, 2.45) is 0 Å². The van der Waals surface area contributed by atoms with Crippen LogP contribution in [0.3, 0.4) is 0 Å². The van der Waals surface area contributed by atoms with E-state index in [-0.39, 0.29) is 18.2 Å². The number of benzene rings is 1. The Morgan fingerprint density at radius 3 is 3.00 bits per heavy atom. The van der Waals surface area contributed by atoms with Gasteiger partial charge < -0.3 is 19.9 Å². The molecule has 110 valence electrons. The Morgan fingerprint density at radius 1 is 1.35 bits per heavy atom. The van der Waals surface area contributed by atoms with Crippen molar-refractivity contribution in [2.45, 2.75) is 50.9 Å². The molecule has 1 aliphatic carbocycles. The van der Waals surface area contributed by atoms with Crippen LogP contribution in [-0.4, -0.2) is 30.5 Å². The lowest BCUT2D eigenvalue weighted by atomic mass is 9.95. The smallest absolute Gasteiger partial charge is 0.128 e. The molecule has 4 nitrogen and oxygen atoms in total. The predicted molar refractivity (Wildman–Crippen MR) is 77.2 cm³/mol. The molecule has 1 aliphatic heterocycles. The van der Waals surface area contributed by atoms with E-state index in [2.05, 4.69) is 18.3 Å². The van der Waals surface area contributed by atoms with Crippen molar-refractivity contribution in [3.63, 3.8) is 0 Å². The van der Waals surface area contributed by atoms with Crippen LogP contribution in [0.1, 0.15) is 44.2 Å². The number of ether oxygens (including phenoxy) is 2. The van der Waals surface area contributed by atoms with Crippen molar-refractivity contribution < 1.29 is 14.6 Å². The monoisotopic (exact) mass is 277 g/mol. The third-order valence-electron chi connectivity index (χ3n) is 4.17. The molecule has 1 saturated carbocycles. The normalized spacial score (nSPS) is 28.8. The summed E-state index contributed by atoms with van der Waals surface area (Å²) in [6.45, 7) is 3.71. The molecule has 1 fully saturated rings. The molecular weight excluding hydrogens is 254 g/mol. The van der Waals surface area contributed by atoms with Crippen LogP contribution in [0.2, 0.25) is 0 Å². The Kier molecular flexibility index (Phi) is 4.13. The average Bonchev–Trinajstić information content (AvgIpc) is 2.85. The van der Waals surface area contributed by atoms with E-state index in [0.717, 1.165) is 43.7 Å². The SMILES string of the molecule is CCNC1COc2cc(OC3CCCCC3O)ccc21. The number of aliphatic hydroxyl groups is 1. The van der Waals surface area contributed by atoms with Gasteiger partial charge in [0.25, 0.3) is 0 Å². The zero-order chi connectivity index (χ0) is 13.9. The van der Waals surface area contributed by atoms with Gasteiger partial charge in [-0.1, -0.05) is 13.3 Å². The summed E-state index contributed by atoms with van der Waals surface area (Å²) in [6, 6.07) is 6.29. The van der Waals surface area contributed by atoms with E-state index in [1.165, 1.54) is 5.56 Å². The fourth-order valence-electron chi connectivity index (χ4n) is 3.07. The average molecular weight is 277 g/mol. The van der Waals surface area contributed by atoms with Gasteiger partial charge in [-0.3, -0.25) is 0 Å². The molecule has 4 heteroatoms. The lowest BCUT2D eigenvalue weighted by Crippen LogP contribution is -2.34. The van der Waals surface area contributed by atoms with Crippen molar-refractivity contribution in [1.82, 2.24) is 5.32 Å². The molecule has 0 aromatic heterocycles. The summed E-state index contributed by atoms with van der Waals surface area (Å²) in [5.74, 6) is 1.70. The van der Waals surface area contributed by atoms with Gasteiger partial charge in [-0.25, -0.2) is 0 Å². The molecule has 0 bridgehead atoms. The van der Waals surface area contributed by atoms with E-state index in [1.807, 2.05) is 12.1 Å².